The Kier molecular flexibility index (Phi) is 4.15. The molecule has 4 heteroatoms. The van der Waals surface area contributed by atoms with Crippen LogP contribution < -0.4 is 0 Å². The normalized spacial score (nSPS) is 26.0. The van der Waals surface area contributed by atoms with Gasteiger partial charge in [0.25, 0.3) is 0 Å². The maximum Gasteiger partial charge on any atom is 0.226 e. The molecule has 1 heterocycles. The molecule has 2 aromatic rings. The number of amides is 1. The summed E-state index contributed by atoms with van der Waals surface area (Å²) >= 11 is 0. The lowest BCUT2D eigenvalue weighted by molar-refractivity contribution is -0.135. The molecule has 0 radical (unpaired) electrons. The van der Waals surface area contributed by atoms with E-state index in [2.05, 4.69) is 0 Å². The van der Waals surface area contributed by atoms with Crippen molar-refractivity contribution in [1.82, 2.24) is 4.90 Å². The molecule has 3 unspecified atom stereocenters. The second-order valence-corrected chi connectivity index (χ2v) is 7.02. The highest BCUT2D eigenvalue weighted by Crippen LogP contribution is 2.58. The highest BCUT2D eigenvalue weighted by Gasteiger charge is 2.57. The number of carbonyl (C=O) groups excluding carboxylic acids is 1. The van der Waals surface area contributed by atoms with E-state index >= 15 is 0 Å². The van der Waals surface area contributed by atoms with Gasteiger partial charge in [-0.05, 0) is 42.4 Å². The minimum Gasteiger partial charge on any atom is -0.467 e. The van der Waals surface area contributed by atoms with Gasteiger partial charge in [-0.25, -0.2) is 0 Å². The minimum absolute atomic E-state index is 0.172. The van der Waals surface area contributed by atoms with Crippen LogP contribution in [0.5, 0.6) is 0 Å². The van der Waals surface area contributed by atoms with Gasteiger partial charge in [-0.15, -0.1) is 0 Å². The molecule has 3 atom stereocenters. The quantitative estimate of drug-likeness (QED) is 0.886. The maximum absolute atomic E-state index is 13.0. The van der Waals surface area contributed by atoms with E-state index in [1.54, 1.807) is 18.4 Å². The van der Waals surface area contributed by atoms with E-state index in [1.807, 2.05) is 35.2 Å². The van der Waals surface area contributed by atoms with Crippen molar-refractivity contribution in [3.8, 4) is 0 Å². The first kappa shape index (κ1) is 15.5. The van der Waals surface area contributed by atoms with E-state index in [9.17, 15) is 9.90 Å². The van der Waals surface area contributed by atoms with E-state index < -0.39 is 6.10 Å². The number of aliphatic hydroxyl groups is 1. The summed E-state index contributed by atoms with van der Waals surface area (Å²) in [5.74, 6) is 2.04. The molecule has 0 aliphatic heterocycles. The molecule has 126 valence electrons. The van der Waals surface area contributed by atoms with Crippen LogP contribution in [-0.4, -0.2) is 22.5 Å². The van der Waals surface area contributed by atoms with Crippen LogP contribution in [0.15, 0.2) is 53.1 Å². The lowest BCUT2D eigenvalue weighted by atomic mass is 10.1. The van der Waals surface area contributed by atoms with Gasteiger partial charge in [0.15, 0.2) is 0 Å². The van der Waals surface area contributed by atoms with Crippen molar-refractivity contribution in [3.05, 3.63) is 60.1 Å². The topological polar surface area (TPSA) is 53.7 Å². The first-order chi connectivity index (χ1) is 11.7. The number of hydrogen-bond donors (Lipinski definition) is 1. The fraction of sp³-hybridized carbons (Fsp3) is 0.450. The molecule has 4 nitrogen and oxygen atoms in total. The van der Waals surface area contributed by atoms with Gasteiger partial charge in [0.1, 0.15) is 11.9 Å². The van der Waals surface area contributed by atoms with Gasteiger partial charge >= 0.3 is 0 Å². The second kappa shape index (κ2) is 6.44. The molecule has 1 N–H and O–H groups in total. The van der Waals surface area contributed by atoms with Crippen molar-refractivity contribution in [1.29, 1.82) is 0 Å². The average molecular weight is 325 g/mol. The Balaban J connectivity index is 1.49. The molecule has 0 bridgehead atoms. The predicted octanol–water partition coefficient (Wildman–Crippen LogP) is 3.39. The Morgan fingerprint density at radius 3 is 2.58 bits per heavy atom. The minimum atomic E-state index is -0.786. The first-order valence-corrected chi connectivity index (χ1v) is 8.78. The van der Waals surface area contributed by atoms with Gasteiger partial charge in [-0.3, -0.25) is 4.79 Å². The summed E-state index contributed by atoms with van der Waals surface area (Å²) in [6.07, 6.45) is 4.38. The number of furan rings is 1. The van der Waals surface area contributed by atoms with Crippen LogP contribution in [0.4, 0.5) is 0 Å². The van der Waals surface area contributed by atoms with E-state index in [0.29, 0.717) is 24.1 Å². The zero-order valence-corrected chi connectivity index (χ0v) is 13.7. The number of rotatable bonds is 6. The van der Waals surface area contributed by atoms with Crippen LogP contribution in [0.25, 0.3) is 0 Å². The van der Waals surface area contributed by atoms with Crippen LogP contribution >= 0.6 is 0 Å². The molecule has 2 fully saturated rings. The molecule has 4 rings (SSSR count). The molecule has 0 spiro atoms. The van der Waals surface area contributed by atoms with Crippen LogP contribution in [0.2, 0.25) is 0 Å². The largest absolute Gasteiger partial charge is 0.467 e. The van der Waals surface area contributed by atoms with Crippen LogP contribution in [0.3, 0.4) is 0 Å². The van der Waals surface area contributed by atoms with Gasteiger partial charge in [-0.2, -0.15) is 0 Å². The number of aliphatic hydroxyl groups excluding tert-OH is 1. The van der Waals surface area contributed by atoms with Crippen molar-refractivity contribution in [2.24, 2.45) is 17.8 Å². The third kappa shape index (κ3) is 2.98. The van der Waals surface area contributed by atoms with Crippen molar-refractivity contribution in [2.75, 3.05) is 6.54 Å². The monoisotopic (exact) mass is 325 g/mol. The third-order valence-electron chi connectivity index (χ3n) is 5.48. The van der Waals surface area contributed by atoms with E-state index in [0.717, 1.165) is 5.56 Å². The SMILES string of the molecule is O=C(C1C2CCCC21)N(Cc1ccccc1)CC(O)c1ccco1. The first-order valence-electron chi connectivity index (χ1n) is 8.78. The number of nitrogens with zero attached hydrogens (tertiary/aromatic N) is 1. The number of fused-ring (bicyclic) bond motifs is 1. The predicted molar refractivity (Wildman–Crippen MR) is 89.8 cm³/mol. The summed E-state index contributed by atoms with van der Waals surface area (Å²) in [5.41, 5.74) is 1.09. The third-order valence-corrected chi connectivity index (χ3v) is 5.48. The molecule has 1 amide bonds. The lowest BCUT2D eigenvalue weighted by Gasteiger charge is -2.26. The molecule has 2 saturated carbocycles. The van der Waals surface area contributed by atoms with Crippen LogP contribution in [-0.2, 0) is 11.3 Å². The van der Waals surface area contributed by atoms with Gasteiger partial charge in [-0.1, -0.05) is 36.8 Å². The van der Waals surface area contributed by atoms with Crippen molar-refractivity contribution >= 4 is 5.91 Å². The lowest BCUT2D eigenvalue weighted by Crippen LogP contribution is -2.36. The second-order valence-electron chi connectivity index (χ2n) is 7.02. The van der Waals surface area contributed by atoms with Gasteiger partial charge in [0.2, 0.25) is 5.91 Å². The van der Waals surface area contributed by atoms with Crippen molar-refractivity contribution < 1.29 is 14.3 Å². The molecule has 24 heavy (non-hydrogen) atoms. The van der Waals surface area contributed by atoms with Crippen LogP contribution in [0, 0.1) is 17.8 Å². The van der Waals surface area contributed by atoms with Crippen LogP contribution in [0.1, 0.15) is 36.7 Å². The smallest absolute Gasteiger partial charge is 0.226 e. The summed E-state index contributed by atoms with van der Waals surface area (Å²) in [7, 11) is 0. The molecule has 1 aromatic carbocycles. The summed E-state index contributed by atoms with van der Waals surface area (Å²) in [5, 5.41) is 10.4. The number of carbonyl (C=O) groups is 1. The van der Waals surface area contributed by atoms with E-state index in [4.69, 9.17) is 4.42 Å². The Labute approximate surface area is 142 Å². The Bertz CT molecular complexity index is 672. The standard InChI is InChI=1S/C20H23NO3/c22-17(18-10-5-11-24-18)13-21(12-14-6-2-1-3-7-14)20(23)19-15-8-4-9-16(15)19/h1-3,5-7,10-11,15-17,19,22H,4,8-9,12-13H2. The molecular weight excluding hydrogens is 302 g/mol. The fourth-order valence-electron chi connectivity index (χ4n) is 4.21. The van der Waals surface area contributed by atoms with E-state index in [1.165, 1.54) is 19.3 Å². The maximum atomic E-state index is 13.0. The van der Waals surface area contributed by atoms with E-state index in [-0.39, 0.29) is 18.4 Å². The molecule has 1 aromatic heterocycles. The molecular formula is C20H23NO3. The molecule has 2 aliphatic rings. The Morgan fingerprint density at radius 1 is 1.17 bits per heavy atom. The zero-order chi connectivity index (χ0) is 16.5. The highest BCUT2D eigenvalue weighted by molar-refractivity contribution is 5.82. The highest BCUT2D eigenvalue weighted by atomic mass is 16.4. The van der Waals surface area contributed by atoms with Gasteiger partial charge < -0.3 is 14.4 Å². The van der Waals surface area contributed by atoms with Gasteiger partial charge in [0, 0.05) is 12.5 Å². The molecule has 0 saturated heterocycles. The van der Waals surface area contributed by atoms with Gasteiger partial charge in [0.05, 0.1) is 12.8 Å². The molecule has 2 aliphatic carbocycles. The summed E-state index contributed by atoms with van der Waals surface area (Å²) in [6, 6.07) is 13.5. The summed E-state index contributed by atoms with van der Waals surface area (Å²) in [4.78, 5) is 14.8. The average Bonchev–Trinajstić information content (AvgIpc) is 3.04. The van der Waals surface area contributed by atoms with Crippen molar-refractivity contribution in [3.63, 3.8) is 0 Å². The fourth-order valence-corrected chi connectivity index (χ4v) is 4.21. The number of benzene rings is 1. The Morgan fingerprint density at radius 2 is 1.92 bits per heavy atom. The Hall–Kier alpha value is -2.07. The number of hydrogen-bond acceptors (Lipinski definition) is 3. The van der Waals surface area contributed by atoms with Crippen molar-refractivity contribution in [2.45, 2.75) is 31.9 Å². The zero-order valence-electron chi connectivity index (χ0n) is 13.7. The summed E-state index contributed by atoms with van der Waals surface area (Å²) < 4.78 is 5.29. The summed E-state index contributed by atoms with van der Waals surface area (Å²) in [6.45, 7) is 0.810.